The number of benzene rings is 2. The summed E-state index contributed by atoms with van der Waals surface area (Å²) in [4.78, 5) is 25.5. The Morgan fingerprint density at radius 3 is 2.13 bits per heavy atom. The molecule has 0 radical (unpaired) electrons. The smallest absolute Gasteiger partial charge is 0.303 e. The zero-order chi connectivity index (χ0) is 21.3. The van der Waals surface area contributed by atoms with E-state index in [0.717, 1.165) is 12.1 Å². The fraction of sp³-hybridized carbons (Fsp3) is 0.417. The van der Waals surface area contributed by atoms with Gasteiger partial charge in [0.05, 0.1) is 13.2 Å². The molecule has 3 rings (SSSR count). The van der Waals surface area contributed by atoms with Crippen molar-refractivity contribution in [2.45, 2.75) is 39.2 Å². The Balaban J connectivity index is 1.76. The minimum atomic E-state index is -0.474. The molecule has 3 atom stereocenters. The summed E-state index contributed by atoms with van der Waals surface area (Å²) in [5, 5.41) is 0. The number of carbonyl (C=O) groups excluding carboxylic acids is 2. The van der Waals surface area contributed by atoms with Crippen LogP contribution >= 0.6 is 0 Å². The van der Waals surface area contributed by atoms with Crippen LogP contribution in [0.3, 0.4) is 0 Å². The van der Waals surface area contributed by atoms with Gasteiger partial charge in [0.25, 0.3) is 0 Å². The molecule has 1 heterocycles. The van der Waals surface area contributed by atoms with Crippen molar-refractivity contribution in [3.05, 3.63) is 71.8 Å². The average molecular weight is 411 g/mol. The molecule has 30 heavy (non-hydrogen) atoms. The van der Waals surface area contributed by atoms with Gasteiger partial charge in [0.1, 0.15) is 12.2 Å². The molecule has 2 aromatic rings. The quantitative estimate of drug-likeness (QED) is 0.622. The number of nitrogens with zero attached hydrogens (tertiary/aromatic N) is 1. The van der Waals surface area contributed by atoms with Crippen LogP contribution in [0, 0.1) is 5.92 Å². The Kier molecular flexibility index (Phi) is 7.99. The molecule has 0 N–H and O–H groups in total. The molecule has 1 aliphatic heterocycles. The highest BCUT2D eigenvalue weighted by molar-refractivity contribution is 5.66. The van der Waals surface area contributed by atoms with E-state index in [2.05, 4.69) is 17.0 Å². The van der Waals surface area contributed by atoms with Crippen molar-refractivity contribution >= 4 is 11.9 Å². The summed E-state index contributed by atoms with van der Waals surface area (Å²) < 4.78 is 17.2. The van der Waals surface area contributed by atoms with Crippen LogP contribution in [-0.4, -0.2) is 48.7 Å². The highest BCUT2D eigenvalue weighted by Gasteiger charge is 2.40. The maximum atomic E-state index is 11.8. The normalized spacial score (nSPS) is 21.7. The Morgan fingerprint density at radius 2 is 1.53 bits per heavy atom. The summed E-state index contributed by atoms with van der Waals surface area (Å²) in [6.45, 7) is 5.39. The first-order valence-electron chi connectivity index (χ1n) is 10.2. The molecule has 6 heteroatoms. The number of ether oxygens (including phenoxy) is 3. The molecule has 6 nitrogen and oxygen atoms in total. The molecular formula is C24H29NO5. The number of likely N-dealkylation sites (tertiary alicyclic amines) is 1. The molecule has 0 spiro atoms. The second kappa shape index (κ2) is 10.9. The van der Waals surface area contributed by atoms with Crippen LogP contribution in [0.4, 0.5) is 0 Å². The van der Waals surface area contributed by atoms with Gasteiger partial charge in [-0.3, -0.25) is 14.5 Å². The lowest BCUT2D eigenvalue weighted by atomic mass is 9.92. The number of piperidine rings is 1. The van der Waals surface area contributed by atoms with Gasteiger partial charge in [0.15, 0.2) is 0 Å². The second-order valence-electron chi connectivity index (χ2n) is 7.65. The second-order valence-corrected chi connectivity index (χ2v) is 7.65. The van der Waals surface area contributed by atoms with E-state index < -0.39 is 6.10 Å². The largest absolute Gasteiger partial charge is 0.465 e. The minimum Gasteiger partial charge on any atom is -0.465 e. The lowest BCUT2D eigenvalue weighted by Crippen LogP contribution is -2.55. The Hall–Kier alpha value is -2.70. The number of esters is 2. The first-order chi connectivity index (χ1) is 14.5. The van der Waals surface area contributed by atoms with Gasteiger partial charge in [-0.1, -0.05) is 60.7 Å². The van der Waals surface area contributed by atoms with E-state index >= 15 is 0 Å². The summed E-state index contributed by atoms with van der Waals surface area (Å²) >= 11 is 0. The van der Waals surface area contributed by atoms with E-state index in [1.165, 1.54) is 19.4 Å². The van der Waals surface area contributed by atoms with Crippen molar-refractivity contribution in [1.29, 1.82) is 0 Å². The fourth-order valence-electron chi connectivity index (χ4n) is 3.80. The summed E-state index contributed by atoms with van der Waals surface area (Å²) in [7, 11) is 0. The maximum Gasteiger partial charge on any atom is 0.303 e. The maximum absolute atomic E-state index is 11.8. The third kappa shape index (κ3) is 6.68. The fourth-order valence-corrected chi connectivity index (χ4v) is 3.80. The monoisotopic (exact) mass is 411 g/mol. The van der Waals surface area contributed by atoms with E-state index in [9.17, 15) is 9.59 Å². The molecular weight excluding hydrogens is 382 g/mol. The molecule has 0 bridgehead atoms. The van der Waals surface area contributed by atoms with Gasteiger partial charge in [-0.05, 0) is 11.1 Å². The predicted octanol–water partition coefficient (Wildman–Crippen LogP) is 3.20. The highest BCUT2D eigenvalue weighted by atomic mass is 16.6. The van der Waals surface area contributed by atoms with Crippen molar-refractivity contribution in [3.8, 4) is 0 Å². The zero-order valence-corrected chi connectivity index (χ0v) is 17.5. The van der Waals surface area contributed by atoms with Gasteiger partial charge < -0.3 is 14.2 Å². The van der Waals surface area contributed by atoms with Crippen molar-refractivity contribution in [2.24, 2.45) is 5.92 Å². The Morgan fingerprint density at radius 1 is 0.900 bits per heavy atom. The topological polar surface area (TPSA) is 65.1 Å². The molecule has 1 unspecified atom stereocenters. The standard InChI is InChI=1S/C24H29NO5/c1-18(26)28-17-22-14-25(13-20-9-5-3-6-10-20)15-23(24(22)30-19(2)27)29-16-21-11-7-4-8-12-21/h3-12,22-24H,13-17H2,1-2H3/t22?,23-,24-/m0/s1. The molecule has 0 amide bonds. The van der Waals surface area contributed by atoms with Crippen molar-refractivity contribution < 1.29 is 23.8 Å². The van der Waals surface area contributed by atoms with Gasteiger partial charge in [0.2, 0.25) is 0 Å². The van der Waals surface area contributed by atoms with E-state index in [0.29, 0.717) is 19.7 Å². The van der Waals surface area contributed by atoms with Crippen molar-refractivity contribution in [2.75, 3.05) is 19.7 Å². The average Bonchev–Trinajstić information content (AvgIpc) is 2.73. The Labute approximate surface area is 177 Å². The molecule has 1 fully saturated rings. The minimum absolute atomic E-state index is 0.170. The summed E-state index contributed by atoms with van der Waals surface area (Å²) in [6.07, 6.45) is -0.801. The van der Waals surface area contributed by atoms with E-state index in [1.807, 2.05) is 48.5 Å². The molecule has 1 saturated heterocycles. The Bertz CT molecular complexity index is 811. The van der Waals surface area contributed by atoms with Crippen LogP contribution in [0.5, 0.6) is 0 Å². The van der Waals surface area contributed by atoms with Crippen LogP contribution in [-0.2, 0) is 37.0 Å². The van der Waals surface area contributed by atoms with Gasteiger partial charge >= 0.3 is 11.9 Å². The third-order valence-electron chi connectivity index (χ3n) is 5.12. The lowest BCUT2D eigenvalue weighted by Gasteiger charge is -2.42. The molecule has 0 aromatic heterocycles. The van der Waals surface area contributed by atoms with Crippen molar-refractivity contribution in [1.82, 2.24) is 4.90 Å². The van der Waals surface area contributed by atoms with E-state index in [4.69, 9.17) is 14.2 Å². The van der Waals surface area contributed by atoms with Crippen LogP contribution in [0.2, 0.25) is 0 Å². The van der Waals surface area contributed by atoms with Gasteiger partial charge in [-0.25, -0.2) is 0 Å². The van der Waals surface area contributed by atoms with Crippen molar-refractivity contribution in [3.63, 3.8) is 0 Å². The summed E-state index contributed by atoms with van der Waals surface area (Å²) in [5.74, 6) is -0.882. The lowest BCUT2D eigenvalue weighted by molar-refractivity contribution is -0.177. The van der Waals surface area contributed by atoms with Gasteiger partial charge in [-0.15, -0.1) is 0 Å². The number of hydrogen-bond acceptors (Lipinski definition) is 6. The summed E-state index contributed by atoms with van der Waals surface area (Å²) in [5.41, 5.74) is 2.24. The first-order valence-corrected chi connectivity index (χ1v) is 10.2. The van der Waals surface area contributed by atoms with Gasteiger partial charge in [0, 0.05) is 39.4 Å². The summed E-state index contributed by atoms with van der Waals surface area (Å²) in [6, 6.07) is 20.1. The zero-order valence-electron chi connectivity index (χ0n) is 17.5. The molecule has 0 aliphatic carbocycles. The predicted molar refractivity (Wildman–Crippen MR) is 112 cm³/mol. The van der Waals surface area contributed by atoms with Gasteiger partial charge in [-0.2, -0.15) is 0 Å². The SMILES string of the molecule is CC(=O)OCC1CN(Cc2ccccc2)C[C@H](OCc2ccccc2)[C@H]1OC(C)=O. The molecule has 2 aromatic carbocycles. The number of rotatable bonds is 8. The molecule has 1 aliphatic rings. The molecule has 160 valence electrons. The third-order valence-corrected chi connectivity index (χ3v) is 5.12. The number of carbonyl (C=O) groups is 2. The van der Waals surface area contributed by atoms with E-state index in [-0.39, 0.29) is 30.6 Å². The van der Waals surface area contributed by atoms with E-state index in [1.54, 1.807) is 0 Å². The molecule has 0 saturated carbocycles. The highest BCUT2D eigenvalue weighted by Crippen LogP contribution is 2.26. The van der Waals surface area contributed by atoms with Crippen LogP contribution in [0.15, 0.2) is 60.7 Å². The first kappa shape index (κ1) is 22.0. The number of hydrogen-bond donors (Lipinski definition) is 0. The van der Waals surface area contributed by atoms with Crippen LogP contribution in [0.1, 0.15) is 25.0 Å². The van der Waals surface area contributed by atoms with Crippen LogP contribution in [0.25, 0.3) is 0 Å². The van der Waals surface area contributed by atoms with Crippen LogP contribution < -0.4 is 0 Å².